The fraction of sp³-hybridized carbons (Fsp3) is 0.462. The van der Waals surface area contributed by atoms with E-state index in [0.717, 1.165) is 12.8 Å². The lowest BCUT2D eigenvalue weighted by Crippen LogP contribution is -2.63. The highest BCUT2D eigenvalue weighted by Gasteiger charge is 2.40. The number of aryl methyl sites for hydroxylation is 1. The van der Waals surface area contributed by atoms with Gasteiger partial charge in [-0.2, -0.15) is 0 Å². The summed E-state index contributed by atoms with van der Waals surface area (Å²) in [6, 6.07) is 16.0. The van der Waals surface area contributed by atoms with Crippen molar-refractivity contribution in [2.45, 2.75) is 71.1 Å². The Labute approximate surface area is 197 Å². The molecule has 1 heterocycles. The van der Waals surface area contributed by atoms with Crippen LogP contribution in [0.25, 0.3) is 0 Å². The average Bonchev–Trinajstić information content (AvgIpc) is 2.70. The van der Waals surface area contributed by atoms with Gasteiger partial charge in [-0.1, -0.05) is 36.4 Å². The third-order valence-corrected chi connectivity index (χ3v) is 6.38. The molecule has 3 rings (SSSR count). The van der Waals surface area contributed by atoms with E-state index >= 15 is 0 Å². The zero-order chi connectivity index (χ0) is 23.5. The van der Waals surface area contributed by atoms with Gasteiger partial charge in [-0.25, -0.2) is 4.79 Å². The van der Waals surface area contributed by atoms with Gasteiger partial charge in [0.1, 0.15) is 0 Å². The van der Waals surface area contributed by atoms with Crippen molar-refractivity contribution in [3.63, 3.8) is 0 Å². The molecule has 2 N–H and O–H groups in total. The topological polar surface area (TPSA) is 53.6 Å². The quantitative estimate of drug-likeness (QED) is 0.474. The number of hydrogen-bond donors (Lipinski definition) is 2. The highest BCUT2D eigenvalue weighted by molar-refractivity contribution is 7.80. The molecule has 0 radical (unpaired) electrons. The molecule has 0 aliphatic carbocycles. The molecule has 5 nitrogen and oxygen atoms in total. The molecule has 2 aromatic rings. The first kappa shape index (κ1) is 24.2. The minimum Gasteiger partial charge on any atom is -0.465 e. The van der Waals surface area contributed by atoms with E-state index in [1.165, 1.54) is 18.2 Å². The number of piperidine rings is 1. The molecule has 32 heavy (non-hydrogen) atoms. The second-order valence-electron chi connectivity index (χ2n) is 9.98. The Balaban J connectivity index is 1.95. The number of anilines is 1. The molecule has 0 saturated carbocycles. The number of rotatable bonds is 5. The van der Waals surface area contributed by atoms with Crippen LogP contribution in [-0.4, -0.2) is 40.2 Å². The Morgan fingerprint density at radius 2 is 1.69 bits per heavy atom. The average molecular weight is 454 g/mol. The largest absolute Gasteiger partial charge is 0.465 e. The lowest BCUT2D eigenvalue weighted by atomic mass is 9.79. The molecule has 172 valence electrons. The number of carbonyl (C=O) groups excluding carboxylic acids is 1. The third kappa shape index (κ3) is 5.87. The number of methoxy groups -OCH3 is 1. The highest BCUT2D eigenvalue weighted by atomic mass is 32.1. The predicted molar refractivity (Wildman–Crippen MR) is 135 cm³/mol. The van der Waals surface area contributed by atoms with Crippen LogP contribution in [0.4, 0.5) is 5.69 Å². The molecule has 0 amide bonds. The summed E-state index contributed by atoms with van der Waals surface area (Å²) in [4.78, 5) is 14.6. The summed E-state index contributed by atoms with van der Waals surface area (Å²) < 4.78 is 4.96. The monoisotopic (exact) mass is 453 g/mol. The summed E-state index contributed by atoms with van der Waals surface area (Å²) in [7, 11) is 1.39. The lowest BCUT2D eigenvalue weighted by Gasteiger charge is -2.50. The van der Waals surface area contributed by atoms with Gasteiger partial charge in [-0.05, 0) is 82.9 Å². The molecule has 0 aromatic heterocycles. The zero-order valence-corrected chi connectivity index (χ0v) is 20.8. The number of hydrogen-bond acceptors (Lipinski definition) is 4. The van der Waals surface area contributed by atoms with E-state index in [4.69, 9.17) is 17.0 Å². The maximum Gasteiger partial charge on any atom is 0.339 e. The van der Waals surface area contributed by atoms with Gasteiger partial charge in [-0.3, -0.25) is 0 Å². The molecule has 2 aromatic carbocycles. The first-order valence-electron chi connectivity index (χ1n) is 11.1. The number of carbonyl (C=O) groups is 1. The standard InChI is InChI=1S/C26H35N3O2S/c1-18-11-7-8-12-19(18)17-29(20-15-25(2,3)28-26(4,5)16-20)24(32)27-22-14-10-9-13-21(22)23(30)31-6/h7-14,20,28H,15-17H2,1-6H3,(H,27,32). The van der Waals surface area contributed by atoms with Gasteiger partial charge < -0.3 is 20.3 Å². The molecule has 1 fully saturated rings. The molecule has 0 bridgehead atoms. The van der Waals surface area contributed by atoms with Crippen LogP contribution in [0.3, 0.4) is 0 Å². The van der Waals surface area contributed by atoms with Gasteiger partial charge in [0.2, 0.25) is 0 Å². The summed E-state index contributed by atoms with van der Waals surface area (Å²) in [6.45, 7) is 11.8. The van der Waals surface area contributed by atoms with Crippen LogP contribution in [0.2, 0.25) is 0 Å². The van der Waals surface area contributed by atoms with Crippen molar-refractivity contribution in [3.8, 4) is 0 Å². The van der Waals surface area contributed by atoms with E-state index in [-0.39, 0.29) is 23.1 Å². The summed E-state index contributed by atoms with van der Waals surface area (Å²) in [5.41, 5.74) is 3.58. The van der Waals surface area contributed by atoms with Crippen LogP contribution >= 0.6 is 12.2 Å². The van der Waals surface area contributed by atoms with Crippen molar-refractivity contribution < 1.29 is 9.53 Å². The lowest BCUT2D eigenvalue weighted by molar-refractivity contribution is 0.0602. The van der Waals surface area contributed by atoms with Crippen LogP contribution in [0.15, 0.2) is 48.5 Å². The second kappa shape index (κ2) is 9.59. The van der Waals surface area contributed by atoms with E-state index in [9.17, 15) is 4.79 Å². The van der Waals surface area contributed by atoms with Gasteiger partial charge in [0.15, 0.2) is 5.11 Å². The smallest absolute Gasteiger partial charge is 0.339 e. The number of thiocarbonyl (C=S) groups is 1. The Hall–Kier alpha value is -2.44. The molecule has 1 saturated heterocycles. The summed E-state index contributed by atoms with van der Waals surface area (Å²) in [6.07, 6.45) is 1.92. The van der Waals surface area contributed by atoms with Crippen molar-refractivity contribution in [2.75, 3.05) is 12.4 Å². The fourth-order valence-electron chi connectivity index (χ4n) is 4.89. The third-order valence-electron chi connectivity index (χ3n) is 6.05. The Morgan fingerprint density at radius 1 is 1.09 bits per heavy atom. The van der Waals surface area contributed by atoms with E-state index in [0.29, 0.717) is 22.9 Å². The van der Waals surface area contributed by atoms with Crippen molar-refractivity contribution in [3.05, 3.63) is 65.2 Å². The Morgan fingerprint density at radius 3 is 2.31 bits per heavy atom. The fourth-order valence-corrected chi connectivity index (χ4v) is 5.22. The van der Waals surface area contributed by atoms with Crippen LogP contribution in [0.1, 0.15) is 62.0 Å². The Kier molecular flexibility index (Phi) is 7.25. The molecule has 1 aliphatic heterocycles. The number of nitrogens with zero attached hydrogens (tertiary/aromatic N) is 1. The first-order chi connectivity index (χ1) is 15.0. The normalized spacial score (nSPS) is 17.4. The van der Waals surface area contributed by atoms with Gasteiger partial charge in [0, 0.05) is 23.7 Å². The van der Waals surface area contributed by atoms with Gasteiger partial charge in [-0.15, -0.1) is 0 Å². The van der Waals surface area contributed by atoms with Crippen LogP contribution in [-0.2, 0) is 11.3 Å². The van der Waals surface area contributed by atoms with Gasteiger partial charge in [0.25, 0.3) is 0 Å². The van der Waals surface area contributed by atoms with Crippen LogP contribution in [0, 0.1) is 6.92 Å². The Bertz CT molecular complexity index is 971. The zero-order valence-electron chi connectivity index (χ0n) is 20.0. The van der Waals surface area contributed by atoms with Gasteiger partial charge in [0.05, 0.1) is 18.4 Å². The van der Waals surface area contributed by atoms with Crippen LogP contribution in [0.5, 0.6) is 0 Å². The SMILES string of the molecule is COC(=O)c1ccccc1NC(=S)N(Cc1ccccc1C)C1CC(C)(C)NC(C)(C)C1. The minimum atomic E-state index is -0.384. The second-order valence-corrected chi connectivity index (χ2v) is 10.4. The molecular formula is C26H35N3O2S. The van der Waals surface area contributed by atoms with Crippen molar-refractivity contribution in [2.24, 2.45) is 0 Å². The molecule has 1 aliphatic rings. The van der Waals surface area contributed by atoms with E-state index < -0.39 is 0 Å². The van der Waals surface area contributed by atoms with Crippen molar-refractivity contribution in [1.29, 1.82) is 0 Å². The van der Waals surface area contributed by atoms with E-state index in [1.54, 1.807) is 6.07 Å². The van der Waals surface area contributed by atoms with Crippen molar-refractivity contribution in [1.82, 2.24) is 10.2 Å². The summed E-state index contributed by atoms with van der Waals surface area (Å²) >= 11 is 5.96. The minimum absolute atomic E-state index is 0.0179. The summed E-state index contributed by atoms with van der Waals surface area (Å²) in [5, 5.41) is 7.73. The molecule has 0 atom stereocenters. The molecule has 6 heteroatoms. The van der Waals surface area contributed by atoms with E-state index in [1.807, 2.05) is 18.2 Å². The number of benzene rings is 2. The number of para-hydroxylation sites is 1. The number of ether oxygens (including phenoxy) is 1. The van der Waals surface area contributed by atoms with E-state index in [2.05, 4.69) is 74.4 Å². The van der Waals surface area contributed by atoms with Gasteiger partial charge >= 0.3 is 5.97 Å². The molecule has 0 spiro atoms. The van der Waals surface area contributed by atoms with Crippen LogP contribution < -0.4 is 10.6 Å². The predicted octanol–water partition coefficient (Wildman–Crippen LogP) is 5.29. The molecular weight excluding hydrogens is 418 g/mol. The maximum absolute atomic E-state index is 12.3. The highest BCUT2D eigenvalue weighted by Crippen LogP contribution is 2.33. The molecule has 0 unspecified atom stereocenters. The number of nitrogens with one attached hydrogen (secondary N) is 2. The maximum atomic E-state index is 12.3. The first-order valence-corrected chi connectivity index (χ1v) is 11.5. The van der Waals surface area contributed by atoms with Crippen molar-refractivity contribution >= 4 is 29.0 Å². The summed E-state index contributed by atoms with van der Waals surface area (Å²) in [5.74, 6) is -0.384. The number of esters is 1.